The molecule has 3 aromatic rings. The summed E-state index contributed by atoms with van der Waals surface area (Å²) >= 11 is 0. The van der Waals surface area contributed by atoms with E-state index in [1.54, 1.807) is 19.1 Å². The number of aryl methyl sites for hydroxylation is 1. The van der Waals surface area contributed by atoms with Gasteiger partial charge in [0.1, 0.15) is 10.6 Å². The van der Waals surface area contributed by atoms with E-state index in [1.807, 2.05) is 6.92 Å². The first-order chi connectivity index (χ1) is 16.9. The number of hydrogen-bond donors (Lipinski definition) is 1. The Kier molecular flexibility index (Phi) is 6.71. The maximum absolute atomic E-state index is 12.8. The zero-order chi connectivity index (χ0) is 26.1. The predicted octanol–water partition coefficient (Wildman–Crippen LogP) is 3.88. The van der Waals surface area contributed by atoms with Crippen molar-refractivity contribution in [3.8, 4) is 5.75 Å². The van der Waals surface area contributed by atoms with Crippen LogP contribution in [0.4, 0.5) is 11.4 Å². The summed E-state index contributed by atoms with van der Waals surface area (Å²) in [5, 5.41) is 13.3. The van der Waals surface area contributed by atoms with Crippen LogP contribution in [0.25, 0.3) is 0 Å². The van der Waals surface area contributed by atoms with Crippen LogP contribution in [0, 0.1) is 6.92 Å². The lowest BCUT2D eigenvalue weighted by Gasteiger charge is -2.12. The van der Waals surface area contributed by atoms with E-state index in [2.05, 4.69) is 15.3 Å². The average molecular weight is 529 g/mol. The standard InChI is InChI=1S/C23H20N4O7S2/c1-15-3-11-21(12-4-15)36(32,33)34-19-9-5-17(6-10-19)24-25-22-16(2)26-27(23(22)28)18-7-13-20(14-8-18)35(29,30)31/h3-14,22H,1-2H3,(H,29,30,31). The molecule has 11 nitrogen and oxygen atoms in total. The fraction of sp³-hybridized carbons (Fsp3) is 0.130. The van der Waals surface area contributed by atoms with Crippen molar-refractivity contribution in [2.45, 2.75) is 29.7 Å². The predicted molar refractivity (Wildman–Crippen MR) is 131 cm³/mol. The second-order valence-electron chi connectivity index (χ2n) is 7.82. The summed E-state index contributed by atoms with van der Waals surface area (Å²) in [6, 6.07) is 16.1. The minimum atomic E-state index is -4.36. The zero-order valence-corrected chi connectivity index (χ0v) is 20.6. The number of amides is 1. The lowest BCUT2D eigenvalue weighted by molar-refractivity contribution is -0.117. The Labute approximate surface area is 207 Å². The highest BCUT2D eigenvalue weighted by Gasteiger charge is 2.34. The third kappa shape index (κ3) is 5.48. The SMILES string of the molecule is CC1=NN(c2ccc(S(=O)(=O)O)cc2)C(=O)C1N=Nc1ccc(OS(=O)(=O)c2ccc(C)cc2)cc1. The molecule has 0 spiro atoms. The summed E-state index contributed by atoms with van der Waals surface area (Å²) in [5.41, 5.74) is 1.93. The smallest absolute Gasteiger partial charge is 0.339 e. The van der Waals surface area contributed by atoms with E-state index < -0.39 is 32.2 Å². The molecule has 3 aromatic carbocycles. The van der Waals surface area contributed by atoms with E-state index in [-0.39, 0.29) is 15.5 Å². The molecule has 1 aliphatic heterocycles. The summed E-state index contributed by atoms with van der Waals surface area (Å²) in [4.78, 5) is 12.5. The topological polar surface area (TPSA) is 155 Å². The second-order valence-corrected chi connectivity index (χ2v) is 10.8. The van der Waals surface area contributed by atoms with Gasteiger partial charge in [0.2, 0.25) is 0 Å². The van der Waals surface area contributed by atoms with Gasteiger partial charge >= 0.3 is 10.1 Å². The number of rotatable bonds is 7. The van der Waals surface area contributed by atoms with E-state index in [0.29, 0.717) is 17.1 Å². The van der Waals surface area contributed by atoms with E-state index in [0.717, 1.165) is 22.7 Å². The lowest BCUT2D eigenvalue weighted by Crippen LogP contribution is -2.29. The average Bonchev–Trinajstić information content (AvgIpc) is 3.11. The largest absolute Gasteiger partial charge is 0.379 e. The van der Waals surface area contributed by atoms with Gasteiger partial charge in [0, 0.05) is 0 Å². The van der Waals surface area contributed by atoms with Gasteiger partial charge in [-0.1, -0.05) is 17.7 Å². The van der Waals surface area contributed by atoms with Crippen molar-refractivity contribution in [2.24, 2.45) is 15.3 Å². The van der Waals surface area contributed by atoms with Crippen LogP contribution in [0.15, 0.2) is 97.9 Å². The maximum Gasteiger partial charge on any atom is 0.339 e. The van der Waals surface area contributed by atoms with Crippen LogP contribution < -0.4 is 9.19 Å². The first kappa shape index (κ1) is 25.2. The van der Waals surface area contributed by atoms with Crippen molar-refractivity contribution >= 4 is 43.2 Å². The molecule has 0 aliphatic carbocycles. The summed E-state index contributed by atoms with van der Waals surface area (Å²) < 4.78 is 61.5. The molecule has 13 heteroatoms. The van der Waals surface area contributed by atoms with Crippen molar-refractivity contribution in [1.29, 1.82) is 0 Å². The Hall–Kier alpha value is -3.94. The fourth-order valence-corrected chi connectivity index (χ4v) is 4.62. The highest BCUT2D eigenvalue weighted by atomic mass is 32.2. The number of carbonyl (C=O) groups excluding carboxylic acids is 1. The van der Waals surface area contributed by atoms with Crippen molar-refractivity contribution < 1.29 is 30.4 Å². The molecule has 0 saturated carbocycles. The molecule has 0 fully saturated rings. The van der Waals surface area contributed by atoms with Crippen molar-refractivity contribution in [1.82, 2.24) is 0 Å². The molecule has 1 amide bonds. The summed E-state index contributed by atoms with van der Waals surface area (Å²) in [5.74, 6) is -0.413. The van der Waals surface area contributed by atoms with Gasteiger partial charge in [-0.05, 0) is 74.5 Å². The van der Waals surface area contributed by atoms with Gasteiger partial charge in [-0.15, -0.1) is 0 Å². The minimum Gasteiger partial charge on any atom is -0.379 e. The van der Waals surface area contributed by atoms with Gasteiger partial charge in [-0.3, -0.25) is 9.35 Å². The number of nitrogens with zero attached hydrogens (tertiary/aromatic N) is 4. The van der Waals surface area contributed by atoms with Gasteiger partial charge in [0.25, 0.3) is 16.0 Å². The van der Waals surface area contributed by atoms with Gasteiger partial charge in [0.05, 0.1) is 22.0 Å². The van der Waals surface area contributed by atoms with Crippen LogP contribution in [0.2, 0.25) is 0 Å². The van der Waals surface area contributed by atoms with Crippen molar-refractivity contribution in [3.05, 3.63) is 78.4 Å². The third-order valence-electron chi connectivity index (χ3n) is 5.12. The molecule has 1 N–H and O–H groups in total. The Bertz CT molecular complexity index is 1560. The van der Waals surface area contributed by atoms with Crippen LogP contribution in [-0.4, -0.2) is 39.0 Å². The molecule has 1 atom stereocenters. The molecule has 0 bridgehead atoms. The fourth-order valence-electron chi connectivity index (χ4n) is 3.21. The van der Waals surface area contributed by atoms with E-state index in [9.17, 15) is 21.6 Å². The number of azo groups is 1. The first-order valence-electron chi connectivity index (χ1n) is 10.4. The maximum atomic E-state index is 12.8. The first-order valence-corrected chi connectivity index (χ1v) is 13.3. The third-order valence-corrected chi connectivity index (χ3v) is 7.25. The lowest BCUT2D eigenvalue weighted by atomic mass is 10.2. The molecule has 1 unspecified atom stereocenters. The van der Waals surface area contributed by atoms with Gasteiger partial charge in [-0.2, -0.15) is 37.2 Å². The van der Waals surface area contributed by atoms with Gasteiger partial charge in [-0.25, -0.2) is 0 Å². The van der Waals surface area contributed by atoms with E-state index in [1.165, 1.54) is 48.5 Å². The molecular formula is C23H20N4O7S2. The number of hydrogen-bond acceptors (Lipinski definition) is 9. The highest BCUT2D eigenvalue weighted by molar-refractivity contribution is 7.87. The Morgan fingerprint density at radius 2 is 1.44 bits per heavy atom. The molecule has 1 aliphatic rings. The van der Waals surface area contributed by atoms with Crippen LogP contribution >= 0.6 is 0 Å². The van der Waals surface area contributed by atoms with E-state index in [4.69, 9.17) is 8.74 Å². The van der Waals surface area contributed by atoms with Crippen LogP contribution in [-0.2, 0) is 25.0 Å². The van der Waals surface area contributed by atoms with Crippen LogP contribution in [0.5, 0.6) is 5.75 Å². The molecule has 36 heavy (non-hydrogen) atoms. The summed E-state index contributed by atoms with van der Waals surface area (Å²) in [6.45, 7) is 3.44. The molecular weight excluding hydrogens is 508 g/mol. The second kappa shape index (κ2) is 9.60. The summed E-state index contributed by atoms with van der Waals surface area (Å²) in [6.07, 6.45) is 0. The number of anilines is 1. The van der Waals surface area contributed by atoms with Crippen LogP contribution in [0.1, 0.15) is 12.5 Å². The molecule has 0 aromatic heterocycles. The van der Waals surface area contributed by atoms with Gasteiger partial charge < -0.3 is 4.18 Å². The van der Waals surface area contributed by atoms with Crippen molar-refractivity contribution in [3.63, 3.8) is 0 Å². The monoisotopic (exact) mass is 528 g/mol. The highest BCUT2D eigenvalue weighted by Crippen LogP contribution is 2.26. The molecule has 4 rings (SSSR count). The molecule has 0 saturated heterocycles. The quantitative estimate of drug-likeness (QED) is 0.277. The minimum absolute atomic E-state index is 0.0311. The van der Waals surface area contributed by atoms with Gasteiger partial charge in [0.15, 0.2) is 6.04 Å². The number of hydrazone groups is 1. The summed E-state index contributed by atoms with van der Waals surface area (Å²) in [7, 11) is -8.36. The Morgan fingerprint density at radius 3 is 2.03 bits per heavy atom. The number of carbonyl (C=O) groups is 1. The van der Waals surface area contributed by atoms with Crippen molar-refractivity contribution in [2.75, 3.05) is 5.01 Å². The Balaban J connectivity index is 1.44. The molecule has 1 heterocycles. The molecule has 186 valence electrons. The zero-order valence-electron chi connectivity index (χ0n) is 19.0. The Morgan fingerprint density at radius 1 is 0.861 bits per heavy atom. The van der Waals surface area contributed by atoms with Crippen LogP contribution in [0.3, 0.4) is 0 Å². The normalized spacial score (nSPS) is 16.4. The number of benzene rings is 3. The molecule has 0 radical (unpaired) electrons. The van der Waals surface area contributed by atoms with E-state index >= 15 is 0 Å².